The molecule has 0 amide bonds. The van der Waals surface area contributed by atoms with Crippen molar-refractivity contribution in [1.82, 2.24) is 10.2 Å². The van der Waals surface area contributed by atoms with Crippen molar-refractivity contribution in [1.29, 1.82) is 0 Å². The number of benzene rings is 1. The molecular weight excluding hydrogens is 246 g/mol. The summed E-state index contributed by atoms with van der Waals surface area (Å²) < 4.78 is 26.4. The standard InChI is InChI=1S/C15H22F2N2/c1-18-6-5-15-4-2-3-7-19(15)11-12-8-13(16)10-14(17)9-12/h8-10,15,18H,2-7,11H2,1H3. The molecule has 1 aliphatic heterocycles. The van der Waals surface area contributed by atoms with Crippen molar-refractivity contribution in [3.63, 3.8) is 0 Å². The number of hydrogen-bond acceptors (Lipinski definition) is 2. The first-order chi connectivity index (χ1) is 9.19. The van der Waals surface area contributed by atoms with Gasteiger partial charge in [0.1, 0.15) is 11.6 Å². The van der Waals surface area contributed by atoms with Crippen LogP contribution in [-0.4, -0.2) is 31.1 Å². The Balaban J connectivity index is 2.01. The highest BCUT2D eigenvalue weighted by Crippen LogP contribution is 2.22. The van der Waals surface area contributed by atoms with Crippen molar-refractivity contribution in [2.45, 2.75) is 38.3 Å². The Morgan fingerprint density at radius 1 is 1.21 bits per heavy atom. The van der Waals surface area contributed by atoms with E-state index >= 15 is 0 Å². The lowest BCUT2D eigenvalue weighted by Gasteiger charge is -2.36. The molecular formula is C15H22F2N2. The molecule has 0 spiro atoms. The predicted octanol–water partition coefficient (Wildman–Crippen LogP) is 2.93. The van der Waals surface area contributed by atoms with Crippen molar-refractivity contribution in [3.05, 3.63) is 35.4 Å². The lowest BCUT2D eigenvalue weighted by molar-refractivity contribution is 0.132. The Bertz CT molecular complexity index is 389. The second-order valence-electron chi connectivity index (χ2n) is 5.29. The van der Waals surface area contributed by atoms with Crippen molar-refractivity contribution in [2.75, 3.05) is 20.1 Å². The maximum Gasteiger partial charge on any atom is 0.126 e. The van der Waals surface area contributed by atoms with Crippen LogP contribution in [0.1, 0.15) is 31.2 Å². The van der Waals surface area contributed by atoms with Crippen molar-refractivity contribution in [3.8, 4) is 0 Å². The third kappa shape index (κ3) is 4.25. The van der Waals surface area contributed by atoms with Gasteiger partial charge < -0.3 is 5.32 Å². The van der Waals surface area contributed by atoms with Crippen LogP contribution in [0.4, 0.5) is 8.78 Å². The molecule has 0 aliphatic carbocycles. The highest BCUT2D eigenvalue weighted by molar-refractivity contribution is 5.18. The quantitative estimate of drug-likeness (QED) is 0.883. The first-order valence-electron chi connectivity index (χ1n) is 7.02. The molecule has 0 saturated carbocycles. The van der Waals surface area contributed by atoms with Gasteiger partial charge in [0.2, 0.25) is 0 Å². The number of hydrogen-bond donors (Lipinski definition) is 1. The van der Waals surface area contributed by atoms with Gasteiger partial charge in [0.05, 0.1) is 0 Å². The van der Waals surface area contributed by atoms with E-state index in [0.29, 0.717) is 12.6 Å². The number of likely N-dealkylation sites (tertiary alicyclic amines) is 1. The molecule has 1 aliphatic rings. The SMILES string of the molecule is CNCCC1CCCCN1Cc1cc(F)cc(F)c1. The number of nitrogens with zero attached hydrogens (tertiary/aromatic N) is 1. The van der Waals surface area contributed by atoms with Gasteiger partial charge >= 0.3 is 0 Å². The van der Waals surface area contributed by atoms with Crippen LogP contribution < -0.4 is 5.32 Å². The lowest BCUT2D eigenvalue weighted by atomic mass is 9.98. The summed E-state index contributed by atoms with van der Waals surface area (Å²) in [6, 6.07) is 4.32. The fourth-order valence-electron chi connectivity index (χ4n) is 2.84. The van der Waals surface area contributed by atoms with Crippen LogP contribution >= 0.6 is 0 Å². The lowest BCUT2D eigenvalue weighted by Crippen LogP contribution is -2.40. The van der Waals surface area contributed by atoms with Gasteiger partial charge in [-0.3, -0.25) is 4.90 Å². The molecule has 4 heteroatoms. The molecule has 19 heavy (non-hydrogen) atoms. The number of piperidine rings is 1. The highest BCUT2D eigenvalue weighted by atomic mass is 19.1. The summed E-state index contributed by atoms with van der Waals surface area (Å²) in [6.07, 6.45) is 4.70. The summed E-state index contributed by atoms with van der Waals surface area (Å²) in [6.45, 7) is 2.65. The molecule has 1 saturated heterocycles. The van der Waals surface area contributed by atoms with Gasteiger partial charge in [-0.2, -0.15) is 0 Å². The third-order valence-electron chi connectivity index (χ3n) is 3.78. The van der Waals surface area contributed by atoms with Gasteiger partial charge in [0, 0.05) is 18.7 Å². The Morgan fingerprint density at radius 2 is 1.95 bits per heavy atom. The Hall–Kier alpha value is -1.00. The zero-order valence-corrected chi connectivity index (χ0v) is 11.5. The minimum absolute atomic E-state index is 0.487. The minimum Gasteiger partial charge on any atom is -0.320 e. The molecule has 1 N–H and O–H groups in total. The van der Waals surface area contributed by atoms with Crippen molar-refractivity contribution >= 4 is 0 Å². The Kier molecular flexibility index (Phi) is 5.28. The summed E-state index contributed by atoms with van der Waals surface area (Å²) in [5, 5.41) is 3.17. The molecule has 2 rings (SSSR count). The van der Waals surface area contributed by atoms with Crippen LogP contribution in [0.3, 0.4) is 0 Å². The second-order valence-corrected chi connectivity index (χ2v) is 5.29. The van der Waals surface area contributed by atoms with E-state index in [-0.39, 0.29) is 0 Å². The highest BCUT2D eigenvalue weighted by Gasteiger charge is 2.22. The fourth-order valence-corrected chi connectivity index (χ4v) is 2.84. The average Bonchev–Trinajstić information content (AvgIpc) is 2.36. The summed E-state index contributed by atoms with van der Waals surface area (Å²) >= 11 is 0. The second kappa shape index (κ2) is 6.96. The predicted molar refractivity (Wildman–Crippen MR) is 73.0 cm³/mol. The molecule has 1 aromatic rings. The van der Waals surface area contributed by atoms with E-state index < -0.39 is 11.6 Å². The van der Waals surface area contributed by atoms with Crippen molar-refractivity contribution in [2.24, 2.45) is 0 Å². The summed E-state index contributed by atoms with van der Waals surface area (Å²) in [5.74, 6) is -0.974. The van der Waals surface area contributed by atoms with Gasteiger partial charge in [0.25, 0.3) is 0 Å². The smallest absolute Gasteiger partial charge is 0.126 e. The first kappa shape index (κ1) is 14.4. The fraction of sp³-hybridized carbons (Fsp3) is 0.600. The first-order valence-corrected chi connectivity index (χ1v) is 7.02. The van der Waals surface area contributed by atoms with Gasteiger partial charge in [-0.05, 0) is 57.1 Å². The van der Waals surface area contributed by atoms with E-state index in [2.05, 4.69) is 10.2 Å². The Labute approximate surface area is 113 Å². The van der Waals surface area contributed by atoms with E-state index in [1.165, 1.54) is 31.4 Å². The van der Waals surface area contributed by atoms with Gasteiger partial charge in [0.15, 0.2) is 0 Å². The molecule has 106 valence electrons. The van der Waals surface area contributed by atoms with Gasteiger partial charge in [-0.15, -0.1) is 0 Å². The van der Waals surface area contributed by atoms with Crippen LogP contribution in [0.15, 0.2) is 18.2 Å². The molecule has 0 radical (unpaired) electrons. The summed E-state index contributed by atoms with van der Waals surface area (Å²) in [5.41, 5.74) is 0.730. The monoisotopic (exact) mass is 268 g/mol. The molecule has 1 aromatic carbocycles. The van der Waals surface area contributed by atoms with Crippen LogP contribution in [0, 0.1) is 11.6 Å². The number of rotatable bonds is 5. The van der Waals surface area contributed by atoms with Crippen LogP contribution in [0.2, 0.25) is 0 Å². The van der Waals surface area contributed by atoms with Crippen LogP contribution in [0.25, 0.3) is 0 Å². The molecule has 1 heterocycles. The van der Waals surface area contributed by atoms with Crippen LogP contribution in [-0.2, 0) is 6.54 Å². The molecule has 0 bridgehead atoms. The van der Waals surface area contributed by atoms with E-state index in [0.717, 1.165) is 31.1 Å². The molecule has 1 atom stereocenters. The minimum atomic E-state index is -0.487. The Morgan fingerprint density at radius 3 is 2.63 bits per heavy atom. The molecule has 2 nitrogen and oxygen atoms in total. The maximum atomic E-state index is 13.2. The van der Waals surface area contributed by atoms with Crippen LogP contribution in [0.5, 0.6) is 0 Å². The van der Waals surface area contributed by atoms with E-state index in [4.69, 9.17) is 0 Å². The normalized spacial score (nSPS) is 20.7. The van der Waals surface area contributed by atoms with Crippen molar-refractivity contribution < 1.29 is 8.78 Å². The summed E-state index contributed by atoms with van der Waals surface area (Å²) in [7, 11) is 1.95. The van der Waals surface area contributed by atoms with Gasteiger partial charge in [-0.25, -0.2) is 8.78 Å². The van der Waals surface area contributed by atoms with E-state index in [1.807, 2.05) is 7.05 Å². The largest absolute Gasteiger partial charge is 0.320 e. The average molecular weight is 268 g/mol. The number of nitrogens with one attached hydrogen (secondary N) is 1. The third-order valence-corrected chi connectivity index (χ3v) is 3.78. The van der Waals surface area contributed by atoms with E-state index in [1.54, 1.807) is 0 Å². The topological polar surface area (TPSA) is 15.3 Å². The van der Waals surface area contributed by atoms with Gasteiger partial charge in [-0.1, -0.05) is 6.42 Å². The molecule has 1 unspecified atom stereocenters. The number of halogens is 2. The zero-order valence-electron chi connectivity index (χ0n) is 11.5. The maximum absolute atomic E-state index is 13.2. The molecule has 1 fully saturated rings. The molecule has 0 aromatic heterocycles. The van der Waals surface area contributed by atoms with E-state index in [9.17, 15) is 8.78 Å². The zero-order chi connectivity index (χ0) is 13.7. The summed E-state index contributed by atoms with van der Waals surface area (Å²) in [4.78, 5) is 2.36.